The zero-order valence-electron chi connectivity index (χ0n) is 7.53. The van der Waals surface area contributed by atoms with E-state index in [2.05, 4.69) is 20.5 Å². The summed E-state index contributed by atoms with van der Waals surface area (Å²) >= 11 is 0. The summed E-state index contributed by atoms with van der Waals surface area (Å²) < 4.78 is 0. The third-order valence-corrected chi connectivity index (χ3v) is 1.83. The Labute approximate surface area is 79.5 Å². The second-order valence-corrected chi connectivity index (χ2v) is 2.90. The van der Waals surface area contributed by atoms with Crippen LogP contribution in [0.1, 0.15) is 6.92 Å². The molecular weight excluding hydrogens is 182 g/mol. The Hall–Kier alpha value is -2.11. The lowest BCUT2D eigenvalue weighted by Crippen LogP contribution is -2.06. The van der Waals surface area contributed by atoms with Gasteiger partial charge in [-0.05, 0) is 0 Å². The fourth-order valence-corrected chi connectivity index (χ4v) is 1.24. The lowest BCUT2D eigenvalue weighted by molar-refractivity contribution is -0.114. The van der Waals surface area contributed by atoms with Crippen LogP contribution in [0.2, 0.25) is 0 Å². The van der Waals surface area contributed by atoms with E-state index in [0.717, 1.165) is 5.39 Å². The Morgan fingerprint density at radius 2 is 2.36 bits per heavy atom. The minimum Gasteiger partial charge on any atom is -0.382 e. The van der Waals surface area contributed by atoms with Crippen molar-refractivity contribution in [3.8, 4) is 0 Å². The summed E-state index contributed by atoms with van der Waals surface area (Å²) in [6, 6.07) is 0. The lowest BCUT2D eigenvalue weighted by Gasteiger charge is -2.03. The summed E-state index contributed by atoms with van der Waals surface area (Å²) in [4.78, 5) is 14.8. The summed E-state index contributed by atoms with van der Waals surface area (Å²) in [6.07, 6.45) is 3.10. The number of aromatic amines is 1. The zero-order chi connectivity index (χ0) is 10.1. The summed E-state index contributed by atoms with van der Waals surface area (Å²) in [7, 11) is 0. The predicted octanol–water partition coefficient (Wildman–Crippen LogP) is 0.498. The van der Waals surface area contributed by atoms with Crippen LogP contribution < -0.4 is 11.1 Å². The molecule has 4 N–H and O–H groups in total. The highest BCUT2D eigenvalue weighted by Gasteiger charge is 2.07. The third kappa shape index (κ3) is 1.26. The van der Waals surface area contributed by atoms with Crippen molar-refractivity contribution in [2.24, 2.45) is 0 Å². The maximum Gasteiger partial charge on any atom is 0.221 e. The quantitative estimate of drug-likeness (QED) is 0.611. The van der Waals surface area contributed by atoms with Gasteiger partial charge in [-0.15, -0.1) is 0 Å². The topological polar surface area (TPSA) is 96.7 Å². The molecule has 0 saturated heterocycles. The first-order valence-electron chi connectivity index (χ1n) is 4.03. The second kappa shape index (κ2) is 2.99. The van der Waals surface area contributed by atoms with Crippen LogP contribution in [0.3, 0.4) is 0 Å². The summed E-state index contributed by atoms with van der Waals surface area (Å²) in [6.45, 7) is 1.43. The monoisotopic (exact) mass is 191 g/mol. The van der Waals surface area contributed by atoms with Crippen LogP contribution in [0.4, 0.5) is 11.5 Å². The van der Waals surface area contributed by atoms with Gasteiger partial charge < -0.3 is 11.1 Å². The maximum atomic E-state index is 10.9. The van der Waals surface area contributed by atoms with Gasteiger partial charge in [0, 0.05) is 12.3 Å². The van der Waals surface area contributed by atoms with Gasteiger partial charge in [-0.1, -0.05) is 0 Å². The molecule has 0 unspecified atom stereocenters. The number of fused-ring (bicyclic) bond motifs is 1. The van der Waals surface area contributed by atoms with E-state index in [1.807, 2.05) is 0 Å². The number of anilines is 2. The fourth-order valence-electron chi connectivity index (χ4n) is 1.24. The molecule has 6 heteroatoms. The first-order valence-corrected chi connectivity index (χ1v) is 4.03. The van der Waals surface area contributed by atoms with Crippen LogP contribution in [-0.2, 0) is 4.79 Å². The fraction of sp³-hybridized carbons (Fsp3) is 0.125. The Kier molecular flexibility index (Phi) is 1.81. The van der Waals surface area contributed by atoms with E-state index in [9.17, 15) is 4.79 Å². The van der Waals surface area contributed by atoms with Gasteiger partial charge in [0.1, 0.15) is 11.3 Å². The van der Waals surface area contributed by atoms with E-state index in [0.29, 0.717) is 17.0 Å². The van der Waals surface area contributed by atoms with E-state index < -0.39 is 0 Å². The van der Waals surface area contributed by atoms with Gasteiger partial charge in [0.25, 0.3) is 0 Å². The van der Waals surface area contributed by atoms with Crippen molar-refractivity contribution in [1.82, 2.24) is 15.2 Å². The average molecular weight is 191 g/mol. The number of hydrogen-bond donors (Lipinski definition) is 3. The Morgan fingerprint density at radius 1 is 1.57 bits per heavy atom. The van der Waals surface area contributed by atoms with E-state index >= 15 is 0 Å². The van der Waals surface area contributed by atoms with Crippen LogP contribution >= 0.6 is 0 Å². The number of nitrogen functional groups attached to an aromatic ring is 1. The Bertz CT molecular complexity index is 489. The SMILES string of the molecule is CC(=O)Nc1cnc(N)c2[nH]ncc12. The molecule has 0 fully saturated rings. The Morgan fingerprint density at radius 3 is 3.07 bits per heavy atom. The number of nitrogens with zero attached hydrogens (tertiary/aromatic N) is 2. The van der Waals surface area contributed by atoms with E-state index in [1.54, 1.807) is 6.20 Å². The number of aromatic nitrogens is 3. The zero-order valence-corrected chi connectivity index (χ0v) is 7.53. The van der Waals surface area contributed by atoms with Crippen molar-refractivity contribution in [2.75, 3.05) is 11.1 Å². The molecule has 6 nitrogen and oxygen atoms in total. The minimum absolute atomic E-state index is 0.154. The highest BCUT2D eigenvalue weighted by atomic mass is 16.1. The standard InChI is InChI=1S/C8H9N5O/c1-4(14)12-6-3-10-8(9)7-5(6)2-11-13-7/h2-3H,1H3,(H2,9,10)(H,11,13)(H,12,14). The van der Waals surface area contributed by atoms with E-state index in [4.69, 9.17) is 5.73 Å². The first kappa shape index (κ1) is 8.49. The third-order valence-electron chi connectivity index (χ3n) is 1.83. The first-order chi connectivity index (χ1) is 6.68. The molecule has 0 saturated carbocycles. The number of carbonyl (C=O) groups excluding carboxylic acids is 1. The molecular formula is C8H9N5O. The number of nitrogens with two attached hydrogens (primary N) is 1. The number of nitrogens with one attached hydrogen (secondary N) is 2. The summed E-state index contributed by atoms with van der Waals surface area (Å²) in [5.41, 5.74) is 6.85. The molecule has 0 bridgehead atoms. The molecule has 0 radical (unpaired) electrons. The molecule has 1 amide bonds. The normalized spacial score (nSPS) is 10.4. The van der Waals surface area contributed by atoms with Gasteiger partial charge in [0.05, 0.1) is 18.1 Å². The molecule has 0 atom stereocenters. The van der Waals surface area contributed by atoms with Crippen molar-refractivity contribution < 1.29 is 4.79 Å². The van der Waals surface area contributed by atoms with Gasteiger partial charge >= 0.3 is 0 Å². The number of rotatable bonds is 1. The number of pyridine rings is 1. The molecule has 2 aromatic rings. The van der Waals surface area contributed by atoms with Crippen molar-refractivity contribution >= 4 is 28.3 Å². The van der Waals surface area contributed by atoms with Gasteiger partial charge in [0.15, 0.2) is 0 Å². The summed E-state index contributed by atoms with van der Waals surface area (Å²) in [5.74, 6) is 0.214. The summed E-state index contributed by atoms with van der Waals surface area (Å²) in [5, 5.41) is 9.95. The number of H-pyrrole nitrogens is 1. The molecule has 0 aliphatic rings. The van der Waals surface area contributed by atoms with Crippen LogP contribution in [-0.4, -0.2) is 21.1 Å². The smallest absolute Gasteiger partial charge is 0.221 e. The van der Waals surface area contributed by atoms with E-state index in [1.165, 1.54) is 13.1 Å². The molecule has 72 valence electrons. The number of carbonyl (C=O) groups is 1. The highest BCUT2D eigenvalue weighted by Crippen LogP contribution is 2.23. The van der Waals surface area contributed by atoms with E-state index in [-0.39, 0.29) is 5.91 Å². The molecule has 14 heavy (non-hydrogen) atoms. The van der Waals surface area contributed by atoms with Crippen molar-refractivity contribution in [2.45, 2.75) is 6.92 Å². The van der Waals surface area contributed by atoms with Gasteiger partial charge in [-0.2, -0.15) is 5.10 Å². The van der Waals surface area contributed by atoms with Crippen molar-refractivity contribution in [1.29, 1.82) is 0 Å². The molecule has 2 rings (SSSR count). The molecule has 2 aromatic heterocycles. The molecule has 0 aliphatic heterocycles. The largest absolute Gasteiger partial charge is 0.382 e. The Balaban J connectivity index is 2.60. The average Bonchev–Trinajstić information content (AvgIpc) is 2.58. The van der Waals surface area contributed by atoms with Gasteiger partial charge in [-0.3, -0.25) is 9.89 Å². The predicted molar refractivity (Wildman–Crippen MR) is 52.6 cm³/mol. The molecule has 0 aromatic carbocycles. The second-order valence-electron chi connectivity index (χ2n) is 2.90. The van der Waals surface area contributed by atoms with Gasteiger partial charge in [0.2, 0.25) is 5.91 Å². The highest BCUT2D eigenvalue weighted by molar-refractivity contribution is 6.02. The van der Waals surface area contributed by atoms with Crippen LogP contribution in [0, 0.1) is 0 Å². The number of hydrogen-bond acceptors (Lipinski definition) is 4. The van der Waals surface area contributed by atoms with Crippen LogP contribution in [0.5, 0.6) is 0 Å². The molecule has 0 spiro atoms. The van der Waals surface area contributed by atoms with Crippen LogP contribution in [0.15, 0.2) is 12.4 Å². The number of amides is 1. The van der Waals surface area contributed by atoms with Gasteiger partial charge in [-0.25, -0.2) is 4.98 Å². The van der Waals surface area contributed by atoms with Crippen molar-refractivity contribution in [3.05, 3.63) is 12.4 Å². The van der Waals surface area contributed by atoms with Crippen LogP contribution in [0.25, 0.3) is 10.9 Å². The maximum absolute atomic E-state index is 10.9. The molecule has 0 aliphatic carbocycles. The minimum atomic E-state index is -0.154. The molecule has 2 heterocycles. The lowest BCUT2D eigenvalue weighted by atomic mass is 10.2. The van der Waals surface area contributed by atoms with Crippen molar-refractivity contribution in [3.63, 3.8) is 0 Å².